The van der Waals surface area contributed by atoms with Crippen LogP contribution in [0.25, 0.3) is 0 Å². The van der Waals surface area contributed by atoms with E-state index in [9.17, 15) is 9.59 Å². The molecule has 0 saturated carbocycles. The van der Waals surface area contributed by atoms with E-state index in [0.717, 1.165) is 31.5 Å². The third-order valence-electron chi connectivity index (χ3n) is 4.32. The van der Waals surface area contributed by atoms with Crippen molar-refractivity contribution >= 4 is 11.8 Å². The molecule has 1 aromatic carbocycles. The van der Waals surface area contributed by atoms with Gasteiger partial charge in [-0.3, -0.25) is 9.59 Å². The molecule has 0 aliphatic carbocycles. The second-order valence-electron chi connectivity index (χ2n) is 6.83. The minimum Gasteiger partial charge on any atom is -0.341 e. The summed E-state index contributed by atoms with van der Waals surface area (Å²) in [4.78, 5) is 27.7. The SMILES string of the molecule is CC(=O)N1CCCN(C(=O)Cc2ccc(CC(C)C)cc2)CC1. The molecule has 23 heavy (non-hydrogen) atoms. The topological polar surface area (TPSA) is 40.6 Å². The Morgan fingerprint density at radius 3 is 2.13 bits per heavy atom. The number of carbonyl (C=O) groups is 2. The monoisotopic (exact) mass is 316 g/mol. The Morgan fingerprint density at radius 2 is 1.52 bits per heavy atom. The maximum atomic E-state index is 12.5. The van der Waals surface area contributed by atoms with Crippen LogP contribution < -0.4 is 0 Å². The Kier molecular flexibility index (Phi) is 6.20. The largest absolute Gasteiger partial charge is 0.341 e. The molecule has 1 aliphatic heterocycles. The highest BCUT2D eigenvalue weighted by atomic mass is 16.2. The zero-order valence-corrected chi connectivity index (χ0v) is 14.5. The molecule has 2 amide bonds. The second kappa shape index (κ2) is 8.14. The van der Waals surface area contributed by atoms with Crippen molar-refractivity contribution in [3.63, 3.8) is 0 Å². The van der Waals surface area contributed by atoms with Gasteiger partial charge in [0.2, 0.25) is 11.8 Å². The summed E-state index contributed by atoms with van der Waals surface area (Å²) in [5, 5.41) is 0. The highest BCUT2D eigenvalue weighted by Crippen LogP contribution is 2.12. The highest BCUT2D eigenvalue weighted by molar-refractivity contribution is 5.79. The Bertz CT molecular complexity index is 537. The first-order chi connectivity index (χ1) is 11.0. The van der Waals surface area contributed by atoms with Crippen LogP contribution in [0.5, 0.6) is 0 Å². The van der Waals surface area contributed by atoms with Crippen LogP contribution in [-0.2, 0) is 22.4 Å². The quantitative estimate of drug-likeness (QED) is 0.856. The fraction of sp³-hybridized carbons (Fsp3) is 0.579. The average molecular weight is 316 g/mol. The minimum absolute atomic E-state index is 0.0973. The molecule has 4 heteroatoms. The van der Waals surface area contributed by atoms with E-state index in [1.165, 1.54) is 5.56 Å². The van der Waals surface area contributed by atoms with Crippen LogP contribution in [0.4, 0.5) is 0 Å². The van der Waals surface area contributed by atoms with Gasteiger partial charge >= 0.3 is 0 Å². The van der Waals surface area contributed by atoms with E-state index in [2.05, 4.69) is 38.1 Å². The van der Waals surface area contributed by atoms with Gasteiger partial charge in [-0.05, 0) is 29.9 Å². The maximum Gasteiger partial charge on any atom is 0.227 e. The molecule has 1 aliphatic rings. The Balaban J connectivity index is 1.89. The summed E-state index contributed by atoms with van der Waals surface area (Å²) in [7, 11) is 0. The standard InChI is InChI=1S/C19H28N2O2/c1-15(2)13-17-5-7-18(8-6-17)14-19(23)21-10-4-9-20(11-12-21)16(3)22/h5-8,15H,4,9-14H2,1-3H3. The zero-order valence-electron chi connectivity index (χ0n) is 14.5. The summed E-state index contributed by atoms with van der Waals surface area (Å²) in [6, 6.07) is 8.38. The lowest BCUT2D eigenvalue weighted by Gasteiger charge is -2.21. The van der Waals surface area contributed by atoms with Crippen molar-refractivity contribution in [1.29, 1.82) is 0 Å². The van der Waals surface area contributed by atoms with E-state index in [4.69, 9.17) is 0 Å². The van der Waals surface area contributed by atoms with Gasteiger partial charge in [-0.1, -0.05) is 38.1 Å². The lowest BCUT2D eigenvalue weighted by Crippen LogP contribution is -2.37. The summed E-state index contributed by atoms with van der Waals surface area (Å²) in [5.74, 6) is 0.899. The molecule has 4 nitrogen and oxygen atoms in total. The number of hydrogen-bond donors (Lipinski definition) is 0. The van der Waals surface area contributed by atoms with E-state index in [-0.39, 0.29) is 11.8 Å². The minimum atomic E-state index is 0.0973. The van der Waals surface area contributed by atoms with Crippen molar-refractivity contribution in [2.75, 3.05) is 26.2 Å². The van der Waals surface area contributed by atoms with Gasteiger partial charge < -0.3 is 9.80 Å². The van der Waals surface area contributed by atoms with Gasteiger partial charge in [-0.15, -0.1) is 0 Å². The van der Waals surface area contributed by atoms with Crippen LogP contribution in [0.3, 0.4) is 0 Å². The number of carbonyl (C=O) groups excluding carboxylic acids is 2. The van der Waals surface area contributed by atoms with Crippen LogP contribution in [0.15, 0.2) is 24.3 Å². The summed E-state index contributed by atoms with van der Waals surface area (Å²) in [5.41, 5.74) is 2.39. The molecule has 2 rings (SSSR count). The van der Waals surface area contributed by atoms with Gasteiger partial charge in [-0.2, -0.15) is 0 Å². The van der Waals surface area contributed by atoms with Crippen LogP contribution in [0.2, 0.25) is 0 Å². The van der Waals surface area contributed by atoms with Crippen molar-refractivity contribution in [3.05, 3.63) is 35.4 Å². The second-order valence-corrected chi connectivity index (χ2v) is 6.83. The number of amides is 2. The molecule has 0 N–H and O–H groups in total. The van der Waals surface area contributed by atoms with Crippen molar-refractivity contribution < 1.29 is 9.59 Å². The Hall–Kier alpha value is -1.84. The first-order valence-corrected chi connectivity index (χ1v) is 8.57. The molecule has 0 bridgehead atoms. The highest BCUT2D eigenvalue weighted by Gasteiger charge is 2.20. The molecule has 0 spiro atoms. The van der Waals surface area contributed by atoms with Crippen molar-refractivity contribution in [1.82, 2.24) is 9.80 Å². The molecule has 1 fully saturated rings. The fourth-order valence-electron chi connectivity index (χ4n) is 3.03. The molecular formula is C19H28N2O2. The smallest absolute Gasteiger partial charge is 0.227 e. The van der Waals surface area contributed by atoms with E-state index in [0.29, 0.717) is 25.4 Å². The summed E-state index contributed by atoms with van der Waals surface area (Å²) in [6.45, 7) is 8.80. The van der Waals surface area contributed by atoms with Crippen LogP contribution in [-0.4, -0.2) is 47.8 Å². The van der Waals surface area contributed by atoms with Crippen LogP contribution >= 0.6 is 0 Å². The summed E-state index contributed by atoms with van der Waals surface area (Å²) >= 11 is 0. The van der Waals surface area contributed by atoms with Gasteiger partial charge in [0.1, 0.15) is 0 Å². The first kappa shape index (κ1) is 17.5. The number of rotatable bonds is 4. The summed E-state index contributed by atoms with van der Waals surface area (Å²) < 4.78 is 0. The number of hydrogen-bond acceptors (Lipinski definition) is 2. The summed E-state index contributed by atoms with van der Waals surface area (Å²) in [6.07, 6.45) is 2.38. The fourth-order valence-corrected chi connectivity index (χ4v) is 3.03. The lowest BCUT2D eigenvalue weighted by atomic mass is 10.0. The van der Waals surface area contributed by atoms with Crippen molar-refractivity contribution in [3.8, 4) is 0 Å². The lowest BCUT2D eigenvalue weighted by molar-refractivity contribution is -0.132. The predicted molar refractivity (Wildman–Crippen MR) is 92.1 cm³/mol. The Labute approximate surface area is 139 Å². The molecule has 126 valence electrons. The molecule has 0 atom stereocenters. The first-order valence-electron chi connectivity index (χ1n) is 8.57. The molecule has 0 radical (unpaired) electrons. The predicted octanol–water partition coefficient (Wildman–Crippen LogP) is 2.51. The van der Waals surface area contributed by atoms with Crippen LogP contribution in [0, 0.1) is 5.92 Å². The third kappa shape index (κ3) is 5.38. The Morgan fingerprint density at radius 1 is 0.957 bits per heavy atom. The van der Waals surface area contributed by atoms with E-state index >= 15 is 0 Å². The number of benzene rings is 1. The van der Waals surface area contributed by atoms with Crippen LogP contribution in [0.1, 0.15) is 38.3 Å². The van der Waals surface area contributed by atoms with Gasteiger partial charge in [0.05, 0.1) is 6.42 Å². The maximum absolute atomic E-state index is 12.5. The zero-order chi connectivity index (χ0) is 16.8. The van der Waals surface area contributed by atoms with E-state index in [1.54, 1.807) is 6.92 Å². The van der Waals surface area contributed by atoms with Gasteiger partial charge in [0.25, 0.3) is 0 Å². The molecule has 0 unspecified atom stereocenters. The van der Waals surface area contributed by atoms with Gasteiger partial charge in [0, 0.05) is 33.1 Å². The molecule has 1 saturated heterocycles. The average Bonchev–Trinajstić information content (AvgIpc) is 2.75. The van der Waals surface area contributed by atoms with Gasteiger partial charge in [-0.25, -0.2) is 0 Å². The normalized spacial score (nSPS) is 15.7. The van der Waals surface area contributed by atoms with Crippen molar-refractivity contribution in [2.45, 2.75) is 40.0 Å². The van der Waals surface area contributed by atoms with E-state index in [1.807, 2.05) is 9.80 Å². The molecular weight excluding hydrogens is 288 g/mol. The molecule has 1 heterocycles. The molecule has 1 aromatic rings. The van der Waals surface area contributed by atoms with E-state index < -0.39 is 0 Å². The van der Waals surface area contributed by atoms with Gasteiger partial charge in [0.15, 0.2) is 0 Å². The number of nitrogens with zero attached hydrogens (tertiary/aromatic N) is 2. The third-order valence-corrected chi connectivity index (χ3v) is 4.32. The molecule has 0 aromatic heterocycles. The van der Waals surface area contributed by atoms with Crippen molar-refractivity contribution in [2.24, 2.45) is 5.92 Å².